The summed E-state index contributed by atoms with van der Waals surface area (Å²) in [6, 6.07) is 6.10. The van der Waals surface area contributed by atoms with Crippen LogP contribution < -0.4 is 10.5 Å². The van der Waals surface area contributed by atoms with Crippen molar-refractivity contribution in [3.63, 3.8) is 0 Å². The maximum atomic E-state index is 6.61. The van der Waals surface area contributed by atoms with Gasteiger partial charge in [-0.2, -0.15) is 0 Å². The lowest BCUT2D eigenvalue weighted by Gasteiger charge is -2.33. The Morgan fingerprint density at radius 3 is 2.71 bits per heavy atom. The Balaban J connectivity index is 1.97. The van der Waals surface area contributed by atoms with Crippen molar-refractivity contribution in [2.45, 2.75) is 57.5 Å². The maximum absolute atomic E-state index is 6.61. The summed E-state index contributed by atoms with van der Waals surface area (Å²) < 4.78 is 7.59. The van der Waals surface area contributed by atoms with Gasteiger partial charge in [-0.15, -0.1) is 0 Å². The second kappa shape index (κ2) is 5.68. The number of nitrogens with zero attached hydrogens (tertiary/aromatic N) is 2. The Kier molecular flexibility index (Phi) is 3.89. The van der Waals surface area contributed by atoms with Crippen LogP contribution in [0.15, 0.2) is 18.2 Å². The van der Waals surface area contributed by atoms with E-state index in [0.29, 0.717) is 0 Å². The number of methoxy groups -OCH3 is 1. The summed E-state index contributed by atoms with van der Waals surface area (Å²) in [7, 11) is 1.69. The van der Waals surface area contributed by atoms with Gasteiger partial charge in [0.2, 0.25) is 0 Å². The fourth-order valence-corrected chi connectivity index (χ4v) is 3.52. The normalized spacial score (nSPS) is 18.0. The van der Waals surface area contributed by atoms with E-state index in [0.717, 1.165) is 42.9 Å². The van der Waals surface area contributed by atoms with Crippen molar-refractivity contribution in [1.82, 2.24) is 9.55 Å². The van der Waals surface area contributed by atoms with Crippen LogP contribution in [-0.4, -0.2) is 22.2 Å². The molecule has 1 fully saturated rings. The van der Waals surface area contributed by atoms with Gasteiger partial charge in [0, 0.05) is 24.6 Å². The monoisotopic (exact) mass is 287 g/mol. The molecule has 1 saturated carbocycles. The molecule has 0 amide bonds. The highest BCUT2D eigenvalue weighted by Gasteiger charge is 2.29. The molecule has 0 radical (unpaired) electrons. The third-order valence-electron chi connectivity index (χ3n) is 4.71. The molecular weight excluding hydrogens is 262 g/mol. The molecular formula is C17H25N3O. The van der Waals surface area contributed by atoms with Gasteiger partial charge in [-0.1, -0.05) is 19.3 Å². The average molecular weight is 287 g/mol. The first kappa shape index (κ1) is 14.4. The topological polar surface area (TPSA) is 53.1 Å². The zero-order valence-electron chi connectivity index (χ0n) is 13.1. The number of imidazole rings is 1. The van der Waals surface area contributed by atoms with Gasteiger partial charge in [0.15, 0.2) is 0 Å². The second-order valence-electron chi connectivity index (χ2n) is 6.23. The number of nitrogens with two attached hydrogens (primary N) is 1. The van der Waals surface area contributed by atoms with Crippen molar-refractivity contribution in [3.8, 4) is 5.75 Å². The highest BCUT2D eigenvalue weighted by molar-refractivity contribution is 5.77. The molecule has 1 heterocycles. The third-order valence-corrected chi connectivity index (χ3v) is 4.71. The fourth-order valence-electron chi connectivity index (χ4n) is 3.52. The SMILES string of the molecule is CCn1c(CC2(N)CCCCC2)nc2cc(OC)ccc21. The Labute approximate surface area is 126 Å². The highest BCUT2D eigenvalue weighted by atomic mass is 16.5. The number of ether oxygens (including phenoxy) is 1. The molecule has 4 nitrogen and oxygen atoms in total. The summed E-state index contributed by atoms with van der Waals surface area (Å²) in [5.41, 5.74) is 8.72. The standard InChI is InChI=1S/C17H25N3O/c1-3-20-15-8-7-13(21-2)11-14(15)19-16(20)12-17(18)9-5-4-6-10-17/h7-8,11H,3-6,9-10,12,18H2,1-2H3. The van der Waals surface area contributed by atoms with Gasteiger partial charge in [0.25, 0.3) is 0 Å². The summed E-state index contributed by atoms with van der Waals surface area (Å²) in [5.74, 6) is 1.97. The van der Waals surface area contributed by atoms with Crippen LogP contribution in [0, 0.1) is 0 Å². The van der Waals surface area contributed by atoms with E-state index in [1.165, 1.54) is 24.8 Å². The average Bonchev–Trinajstić information content (AvgIpc) is 2.83. The van der Waals surface area contributed by atoms with E-state index >= 15 is 0 Å². The molecule has 2 N–H and O–H groups in total. The van der Waals surface area contributed by atoms with Crippen molar-refractivity contribution < 1.29 is 4.74 Å². The third kappa shape index (κ3) is 2.77. The minimum atomic E-state index is -0.0728. The Morgan fingerprint density at radius 2 is 2.05 bits per heavy atom. The predicted molar refractivity (Wildman–Crippen MR) is 85.7 cm³/mol. The van der Waals surface area contributed by atoms with E-state index in [1.54, 1.807) is 7.11 Å². The molecule has 4 heteroatoms. The molecule has 21 heavy (non-hydrogen) atoms. The van der Waals surface area contributed by atoms with Gasteiger partial charge in [0.1, 0.15) is 11.6 Å². The first-order chi connectivity index (χ1) is 10.1. The van der Waals surface area contributed by atoms with Crippen LogP contribution in [-0.2, 0) is 13.0 Å². The molecule has 1 aromatic carbocycles. The fraction of sp³-hybridized carbons (Fsp3) is 0.588. The van der Waals surface area contributed by atoms with Gasteiger partial charge < -0.3 is 15.0 Å². The number of benzene rings is 1. The first-order valence-electron chi connectivity index (χ1n) is 7.97. The number of aromatic nitrogens is 2. The quantitative estimate of drug-likeness (QED) is 0.939. The van der Waals surface area contributed by atoms with Crippen molar-refractivity contribution in [2.75, 3.05) is 7.11 Å². The van der Waals surface area contributed by atoms with Crippen molar-refractivity contribution in [1.29, 1.82) is 0 Å². The lowest BCUT2D eigenvalue weighted by atomic mass is 9.80. The number of hydrogen-bond acceptors (Lipinski definition) is 3. The molecule has 3 rings (SSSR count). The highest BCUT2D eigenvalue weighted by Crippen LogP contribution is 2.30. The van der Waals surface area contributed by atoms with Gasteiger partial charge in [-0.3, -0.25) is 0 Å². The number of aryl methyl sites for hydroxylation is 1. The largest absolute Gasteiger partial charge is 0.497 e. The van der Waals surface area contributed by atoms with Crippen LogP contribution in [0.4, 0.5) is 0 Å². The molecule has 0 atom stereocenters. The molecule has 0 bridgehead atoms. The van der Waals surface area contributed by atoms with E-state index in [4.69, 9.17) is 15.5 Å². The number of fused-ring (bicyclic) bond motifs is 1. The minimum Gasteiger partial charge on any atom is -0.497 e. The molecule has 0 saturated heterocycles. The zero-order valence-corrected chi connectivity index (χ0v) is 13.1. The summed E-state index contributed by atoms with van der Waals surface area (Å²) in [6.07, 6.45) is 6.91. The first-order valence-corrected chi connectivity index (χ1v) is 7.97. The molecule has 1 aliphatic carbocycles. The summed E-state index contributed by atoms with van der Waals surface area (Å²) in [4.78, 5) is 4.83. The number of hydrogen-bond donors (Lipinski definition) is 1. The van der Waals surface area contributed by atoms with Crippen LogP contribution in [0.3, 0.4) is 0 Å². The van der Waals surface area contributed by atoms with E-state index in [-0.39, 0.29) is 5.54 Å². The second-order valence-corrected chi connectivity index (χ2v) is 6.23. The Hall–Kier alpha value is -1.55. The summed E-state index contributed by atoms with van der Waals surface area (Å²) >= 11 is 0. The molecule has 0 spiro atoms. The lowest BCUT2D eigenvalue weighted by molar-refractivity contribution is 0.287. The maximum Gasteiger partial charge on any atom is 0.121 e. The van der Waals surface area contributed by atoms with E-state index in [2.05, 4.69) is 17.6 Å². The Morgan fingerprint density at radius 1 is 1.29 bits per heavy atom. The van der Waals surface area contributed by atoms with Crippen molar-refractivity contribution in [3.05, 3.63) is 24.0 Å². The van der Waals surface area contributed by atoms with Crippen LogP contribution in [0.1, 0.15) is 44.9 Å². The van der Waals surface area contributed by atoms with Crippen molar-refractivity contribution in [2.24, 2.45) is 5.73 Å². The lowest BCUT2D eigenvalue weighted by Crippen LogP contribution is -2.44. The minimum absolute atomic E-state index is 0.0728. The zero-order chi connectivity index (χ0) is 14.9. The molecule has 0 aliphatic heterocycles. The van der Waals surface area contributed by atoms with Crippen LogP contribution in [0.5, 0.6) is 5.75 Å². The van der Waals surface area contributed by atoms with Crippen LogP contribution >= 0.6 is 0 Å². The van der Waals surface area contributed by atoms with Gasteiger partial charge >= 0.3 is 0 Å². The van der Waals surface area contributed by atoms with Gasteiger partial charge in [0.05, 0.1) is 18.1 Å². The predicted octanol–water partition coefficient (Wildman–Crippen LogP) is 3.27. The smallest absolute Gasteiger partial charge is 0.121 e. The molecule has 114 valence electrons. The van der Waals surface area contributed by atoms with E-state index < -0.39 is 0 Å². The molecule has 2 aromatic rings. The van der Waals surface area contributed by atoms with E-state index in [1.807, 2.05) is 12.1 Å². The van der Waals surface area contributed by atoms with Gasteiger partial charge in [-0.05, 0) is 31.9 Å². The molecule has 1 aromatic heterocycles. The Bertz CT molecular complexity index is 626. The summed E-state index contributed by atoms with van der Waals surface area (Å²) in [5, 5.41) is 0. The van der Waals surface area contributed by atoms with Crippen LogP contribution in [0.2, 0.25) is 0 Å². The number of rotatable bonds is 4. The van der Waals surface area contributed by atoms with Gasteiger partial charge in [-0.25, -0.2) is 4.98 Å². The molecule has 1 aliphatic rings. The molecule has 0 unspecified atom stereocenters. The van der Waals surface area contributed by atoms with Crippen LogP contribution in [0.25, 0.3) is 11.0 Å². The van der Waals surface area contributed by atoms with E-state index in [9.17, 15) is 0 Å². The van der Waals surface area contributed by atoms with Crippen molar-refractivity contribution >= 4 is 11.0 Å². The summed E-state index contributed by atoms with van der Waals surface area (Å²) in [6.45, 7) is 3.09.